The van der Waals surface area contributed by atoms with Crippen LogP contribution in [0.25, 0.3) is 0 Å². The first kappa shape index (κ1) is 13.6. The molecule has 0 saturated carbocycles. The van der Waals surface area contributed by atoms with Crippen LogP contribution in [0, 0.1) is 0 Å². The molecule has 0 spiro atoms. The molecule has 1 aliphatic heterocycles. The van der Waals surface area contributed by atoms with Gasteiger partial charge in [0.15, 0.2) is 0 Å². The number of nitrogens with zero attached hydrogens (tertiary/aromatic N) is 2. The van der Waals surface area contributed by atoms with Gasteiger partial charge >= 0.3 is 0 Å². The number of methoxy groups -OCH3 is 1. The summed E-state index contributed by atoms with van der Waals surface area (Å²) in [5.41, 5.74) is 1.06. The van der Waals surface area contributed by atoms with E-state index in [0.717, 1.165) is 30.1 Å². The first-order valence-corrected chi connectivity index (χ1v) is 7.41. The average Bonchev–Trinajstić information content (AvgIpc) is 2.46. The second kappa shape index (κ2) is 6.41. The van der Waals surface area contributed by atoms with Crippen LogP contribution in [0.15, 0.2) is 23.4 Å². The highest BCUT2D eigenvalue weighted by molar-refractivity contribution is 7.98. The Morgan fingerprint density at radius 3 is 2.89 bits per heavy atom. The molecular formula is C13H20N2O2S. The van der Waals surface area contributed by atoms with Crippen LogP contribution >= 0.6 is 11.8 Å². The topological polar surface area (TPSA) is 45.6 Å². The van der Waals surface area contributed by atoms with E-state index in [1.807, 2.05) is 18.5 Å². The lowest BCUT2D eigenvalue weighted by Gasteiger charge is -2.39. The number of aliphatic hydroxyl groups excluding tert-OH is 1. The fourth-order valence-corrected chi connectivity index (χ4v) is 2.72. The largest absolute Gasteiger partial charge is 0.394 e. The maximum absolute atomic E-state index is 9.48. The molecule has 100 valence electrons. The molecule has 0 unspecified atom stereocenters. The normalized spacial score (nSPS) is 24.3. The summed E-state index contributed by atoms with van der Waals surface area (Å²) >= 11 is 1.63. The fourth-order valence-electron chi connectivity index (χ4n) is 2.36. The first-order chi connectivity index (χ1) is 8.78. The Balaban J connectivity index is 2.15. The Hall–Kier alpha value is -0.780. The summed E-state index contributed by atoms with van der Waals surface area (Å²) in [6.45, 7) is 1.00. The number of ether oxygens (including phenoxy) is 1. The van der Waals surface area contributed by atoms with Gasteiger partial charge in [0, 0.05) is 13.7 Å². The lowest BCUT2D eigenvalue weighted by atomic mass is 10.00. The minimum absolute atomic E-state index is 0.179. The fraction of sp³-hybridized carbons (Fsp3) is 0.615. The number of anilines is 1. The molecule has 0 aliphatic carbocycles. The van der Waals surface area contributed by atoms with Crippen molar-refractivity contribution in [3.8, 4) is 0 Å². The molecule has 0 radical (unpaired) electrons. The molecular weight excluding hydrogens is 248 g/mol. The predicted octanol–water partition coefficient (Wildman–Crippen LogP) is 1.78. The van der Waals surface area contributed by atoms with E-state index >= 15 is 0 Å². The zero-order chi connectivity index (χ0) is 13.0. The second-order valence-electron chi connectivity index (χ2n) is 4.48. The van der Waals surface area contributed by atoms with Gasteiger partial charge in [-0.05, 0) is 31.2 Å². The second-order valence-corrected chi connectivity index (χ2v) is 5.31. The van der Waals surface area contributed by atoms with Crippen molar-refractivity contribution >= 4 is 17.4 Å². The van der Waals surface area contributed by atoms with Crippen molar-refractivity contribution in [2.24, 2.45) is 0 Å². The Morgan fingerprint density at radius 2 is 2.33 bits per heavy atom. The van der Waals surface area contributed by atoms with Crippen molar-refractivity contribution in [1.29, 1.82) is 0 Å². The van der Waals surface area contributed by atoms with Crippen molar-refractivity contribution in [3.05, 3.63) is 18.3 Å². The number of hydrogen-bond acceptors (Lipinski definition) is 5. The number of aliphatic hydroxyl groups is 1. The molecule has 2 rings (SSSR count). The van der Waals surface area contributed by atoms with E-state index in [1.54, 1.807) is 18.9 Å². The number of pyridine rings is 1. The molecule has 2 atom stereocenters. The summed E-state index contributed by atoms with van der Waals surface area (Å²) in [4.78, 5) is 6.59. The molecule has 1 fully saturated rings. The smallest absolute Gasteiger partial charge is 0.0958 e. The Bertz CT molecular complexity index is 372. The van der Waals surface area contributed by atoms with Crippen LogP contribution in [0.2, 0.25) is 0 Å². The molecule has 0 aromatic carbocycles. The van der Waals surface area contributed by atoms with Gasteiger partial charge in [0.25, 0.3) is 0 Å². The summed E-state index contributed by atoms with van der Waals surface area (Å²) < 4.78 is 5.43. The first-order valence-electron chi connectivity index (χ1n) is 6.18. The lowest BCUT2D eigenvalue weighted by Crippen LogP contribution is -2.48. The van der Waals surface area contributed by atoms with Crippen molar-refractivity contribution in [2.45, 2.75) is 30.0 Å². The van der Waals surface area contributed by atoms with Crippen molar-refractivity contribution < 1.29 is 9.84 Å². The van der Waals surface area contributed by atoms with E-state index < -0.39 is 0 Å². The Morgan fingerprint density at radius 1 is 1.50 bits per heavy atom. The molecule has 0 amide bonds. The predicted molar refractivity (Wildman–Crippen MR) is 74.3 cm³/mol. The van der Waals surface area contributed by atoms with Crippen LogP contribution in [0.4, 0.5) is 5.69 Å². The highest BCUT2D eigenvalue weighted by Gasteiger charge is 2.28. The minimum Gasteiger partial charge on any atom is -0.394 e. The lowest BCUT2D eigenvalue weighted by molar-refractivity contribution is 0.0744. The van der Waals surface area contributed by atoms with Gasteiger partial charge in [0.05, 0.1) is 35.7 Å². The summed E-state index contributed by atoms with van der Waals surface area (Å²) in [6.07, 6.45) is 6.11. The summed E-state index contributed by atoms with van der Waals surface area (Å²) in [6, 6.07) is 4.27. The van der Waals surface area contributed by atoms with Crippen LogP contribution in [0.1, 0.15) is 12.8 Å². The molecule has 1 aromatic rings. The zero-order valence-electron chi connectivity index (χ0n) is 10.9. The number of hydrogen-bond donors (Lipinski definition) is 1. The maximum Gasteiger partial charge on any atom is 0.0958 e. The van der Waals surface area contributed by atoms with Gasteiger partial charge in [-0.1, -0.05) is 0 Å². The third-order valence-corrected chi connectivity index (χ3v) is 4.13. The summed E-state index contributed by atoms with van der Waals surface area (Å²) in [5, 5.41) is 10.5. The Labute approximate surface area is 112 Å². The molecule has 1 aromatic heterocycles. The molecule has 1 aliphatic rings. The standard InChI is InChI=1S/C13H20N2O2S/c1-17-12-5-3-11(9-16)15(8-12)10-4-6-13(18-2)14-7-10/h4,6-7,11-12,16H,3,5,8-9H2,1-2H3/t11-,12-/m0/s1. The van der Waals surface area contributed by atoms with Gasteiger partial charge in [0.2, 0.25) is 0 Å². The maximum atomic E-state index is 9.48. The monoisotopic (exact) mass is 268 g/mol. The highest BCUT2D eigenvalue weighted by Crippen LogP contribution is 2.26. The molecule has 4 nitrogen and oxygen atoms in total. The van der Waals surface area contributed by atoms with Gasteiger partial charge in [-0.15, -0.1) is 11.8 Å². The van der Waals surface area contributed by atoms with Gasteiger partial charge < -0.3 is 14.7 Å². The highest BCUT2D eigenvalue weighted by atomic mass is 32.2. The number of thioether (sulfide) groups is 1. The summed E-state index contributed by atoms with van der Waals surface area (Å²) in [7, 11) is 1.75. The van der Waals surface area contributed by atoms with Gasteiger partial charge in [-0.25, -0.2) is 4.98 Å². The molecule has 5 heteroatoms. The Kier molecular flexibility index (Phi) is 4.86. The van der Waals surface area contributed by atoms with E-state index in [2.05, 4.69) is 16.0 Å². The molecule has 1 N–H and O–H groups in total. The molecule has 2 heterocycles. The van der Waals surface area contributed by atoms with Crippen LogP contribution in [0.3, 0.4) is 0 Å². The molecule has 1 saturated heterocycles. The zero-order valence-corrected chi connectivity index (χ0v) is 11.7. The van der Waals surface area contributed by atoms with Crippen molar-refractivity contribution in [1.82, 2.24) is 4.98 Å². The van der Waals surface area contributed by atoms with E-state index in [9.17, 15) is 5.11 Å². The SMILES string of the molecule is CO[C@H]1CC[C@@H](CO)N(c2ccc(SC)nc2)C1. The van der Waals surface area contributed by atoms with Crippen LogP contribution in [-0.2, 0) is 4.74 Å². The van der Waals surface area contributed by atoms with Gasteiger partial charge in [-0.2, -0.15) is 0 Å². The van der Waals surface area contributed by atoms with Gasteiger partial charge in [0.1, 0.15) is 0 Å². The number of piperidine rings is 1. The molecule has 0 bridgehead atoms. The quantitative estimate of drug-likeness (QED) is 0.843. The third kappa shape index (κ3) is 2.96. The van der Waals surface area contributed by atoms with Crippen molar-refractivity contribution in [2.75, 3.05) is 31.4 Å². The van der Waals surface area contributed by atoms with Crippen LogP contribution < -0.4 is 4.90 Å². The van der Waals surface area contributed by atoms with E-state index in [1.165, 1.54) is 0 Å². The third-order valence-electron chi connectivity index (χ3n) is 3.47. The van der Waals surface area contributed by atoms with Crippen molar-refractivity contribution in [3.63, 3.8) is 0 Å². The van der Waals surface area contributed by atoms with E-state index in [4.69, 9.17) is 4.74 Å². The van der Waals surface area contributed by atoms with Crippen LogP contribution in [0.5, 0.6) is 0 Å². The molecule has 18 heavy (non-hydrogen) atoms. The van der Waals surface area contributed by atoms with Gasteiger partial charge in [-0.3, -0.25) is 0 Å². The average molecular weight is 268 g/mol. The van der Waals surface area contributed by atoms with Crippen LogP contribution in [-0.4, -0.2) is 48.8 Å². The minimum atomic E-state index is 0.179. The number of aromatic nitrogens is 1. The number of rotatable bonds is 4. The van der Waals surface area contributed by atoms with E-state index in [0.29, 0.717) is 0 Å². The summed E-state index contributed by atoms with van der Waals surface area (Å²) in [5.74, 6) is 0. The van der Waals surface area contributed by atoms with E-state index in [-0.39, 0.29) is 18.8 Å².